The van der Waals surface area contributed by atoms with Crippen molar-refractivity contribution in [2.45, 2.75) is 82.8 Å². The standard InChI is InChI=1S/C38H49N3O6S/c1-25-9-15-32-27(18-25)7-5-17-38(32)23-41-20-29-10-14-31(29)34(45-3)8-4-6-26(2)22-48(44,39-36(42)21-46-30-12-13-30)40-37(43)28-11-16-35(47-24-38)33(41)19-28/h4,8-9,11,15-16,18-19,26,29-31,34H,5-7,10,12-14,17,20-24H2,1-3H3,(H,39,40,42,43,44)/b8-4+/t26-,29-,31+,34-,38-,48?/m0/s1. The highest BCUT2D eigenvalue weighted by Gasteiger charge is 2.44. The number of allylic oxidation sites excluding steroid dienone is 1. The zero-order chi connectivity index (χ0) is 33.5. The van der Waals surface area contributed by atoms with Crippen molar-refractivity contribution in [3.05, 3.63) is 70.8 Å². The zero-order valence-electron chi connectivity index (χ0n) is 28.5. The maximum absolute atomic E-state index is 14.3. The number of hydrogen-bond donors (Lipinski definition) is 1. The van der Waals surface area contributed by atoms with Gasteiger partial charge in [0, 0.05) is 31.2 Å². The predicted octanol–water partition coefficient (Wildman–Crippen LogP) is 5.92. The van der Waals surface area contributed by atoms with Crippen LogP contribution in [0.4, 0.5) is 5.69 Å². The molecular weight excluding hydrogens is 627 g/mol. The van der Waals surface area contributed by atoms with E-state index >= 15 is 0 Å². The molecule has 2 fully saturated rings. The Hall–Kier alpha value is -3.21. The first-order valence-electron chi connectivity index (χ1n) is 17.7. The molecule has 1 spiro atoms. The van der Waals surface area contributed by atoms with Crippen molar-refractivity contribution in [2.75, 3.05) is 44.1 Å². The molecule has 9 nitrogen and oxygen atoms in total. The molecule has 0 saturated heterocycles. The number of anilines is 1. The van der Waals surface area contributed by atoms with E-state index in [0.29, 0.717) is 30.4 Å². The maximum atomic E-state index is 14.3. The average Bonchev–Trinajstić information content (AvgIpc) is 3.88. The van der Waals surface area contributed by atoms with Crippen LogP contribution in [0.2, 0.25) is 0 Å². The van der Waals surface area contributed by atoms with Crippen LogP contribution in [-0.2, 0) is 36.0 Å². The molecule has 2 heterocycles. The predicted molar refractivity (Wildman–Crippen MR) is 187 cm³/mol. The molecule has 0 aromatic heterocycles. The largest absolute Gasteiger partial charge is 0.490 e. The molecule has 2 bridgehead atoms. The van der Waals surface area contributed by atoms with Gasteiger partial charge in [-0.25, -0.2) is 4.21 Å². The maximum Gasteiger partial charge on any atom is 0.286 e. The molecule has 1 unspecified atom stereocenters. The van der Waals surface area contributed by atoms with Gasteiger partial charge in [0.15, 0.2) is 0 Å². The van der Waals surface area contributed by atoms with E-state index in [4.69, 9.17) is 14.2 Å². The molecule has 48 heavy (non-hydrogen) atoms. The number of carbonyl (C=O) groups excluding carboxylic acids is 2. The number of methoxy groups -OCH3 is 1. The number of benzene rings is 2. The Morgan fingerprint density at radius 2 is 2.02 bits per heavy atom. The number of aryl methyl sites for hydroxylation is 2. The van der Waals surface area contributed by atoms with Crippen LogP contribution in [0.15, 0.2) is 52.9 Å². The highest BCUT2D eigenvalue weighted by molar-refractivity contribution is 7.92. The molecule has 1 N–H and O–H groups in total. The molecule has 258 valence electrons. The lowest BCUT2D eigenvalue weighted by atomic mass is 9.68. The second-order valence-corrected chi connectivity index (χ2v) is 16.9. The van der Waals surface area contributed by atoms with Crippen LogP contribution in [0, 0.1) is 24.7 Å². The van der Waals surface area contributed by atoms with E-state index in [1.54, 1.807) is 13.2 Å². The van der Waals surface area contributed by atoms with E-state index in [1.807, 2.05) is 19.1 Å². The third-order valence-corrected chi connectivity index (χ3v) is 13.0. The molecular formula is C38H49N3O6S. The fourth-order valence-corrected chi connectivity index (χ4v) is 10.1. The molecule has 2 aromatic carbocycles. The van der Waals surface area contributed by atoms with Crippen molar-refractivity contribution in [2.24, 2.45) is 22.1 Å². The lowest BCUT2D eigenvalue weighted by Gasteiger charge is -2.46. The average molecular weight is 676 g/mol. The Balaban J connectivity index is 1.28. The highest BCUT2D eigenvalue weighted by atomic mass is 32.2. The number of hydrogen-bond acceptors (Lipinski definition) is 7. The minimum absolute atomic E-state index is 0.0277. The van der Waals surface area contributed by atoms with Crippen molar-refractivity contribution < 1.29 is 28.0 Å². The van der Waals surface area contributed by atoms with Gasteiger partial charge in [-0.15, -0.1) is 4.36 Å². The van der Waals surface area contributed by atoms with E-state index < -0.39 is 21.7 Å². The second kappa shape index (κ2) is 13.6. The van der Waals surface area contributed by atoms with Gasteiger partial charge in [-0.1, -0.05) is 42.8 Å². The van der Waals surface area contributed by atoms with E-state index in [2.05, 4.69) is 51.3 Å². The van der Waals surface area contributed by atoms with Crippen molar-refractivity contribution in [1.82, 2.24) is 4.72 Å². The molecule has 2 saturated carbocycles. The summed E-state index contributed by atoms with van der Waals surface area (Å²) in [6.07, 6.45) is 12.1. The first kappa shape index (κ1) is 33.3. The number of fused-ring (bicyclic) bond motifs is 4. The van der Waals surface area contributed by atoms with Crippen LogP contribution in [0.3, 0.4) is 0 Å². The lowest BCUT2D eigenvalue weighted by molar-refractivity contribution is -0.124. The van der Waals surface area contributed by atoms with Crippen molar-refractivity contribution in [3.8, 4) is 5.75 Å². The molecule has 0 radical (unpaired) electrons. The van der Waals surface area contributed by atoms with Gasteiger partial charge < -0.3 is 19.1 Å². The fraction of sp³-hybridized carbons (Fsp3) is 0.579. The van der Waals surface area contributed by atoms with E-state index in [9.17, 15) is 13.8 Å². The summed E-state index contributed by atoms with van der Waals surface area (Å²) in [5.74, 6) is 0.336. The number of rotatable bonds is 5. The number of ether oxygens (including phenoxy) is 3. The summed E-state index contributed by atoms with van der Waals surface area (Å²) in [4.78, 5) is 29.1. The fourth-order valence-electron chi connectivity index (χ4n) is 8.16. The third kappa shape index (κ3) is 7.07. The van der Waals surface area contributed by atoms with Crippen LogP contribution < -0.4 is 14.4 Å². The Morgan fingerprint density at radius 3 is 2.79 bits per heavy atom. The smallest absolute Gasteiger partial charge is 0.286 e. The summed E-state index contributed by atoms with van der Waals surface area (Å²) in [5.41, 5.74) is 5.04. The highest BCUT2D eigenvalue weighted by Crippen LogP contribution is 2.47. The minimum Gasteiger partial charge on any atom is -0.490 e. The van der Waals surface area contributed by atoms with Crippen LogP contribution in [-0.4, -0.2) is 67.4 Å². The van der Waals surface area contributed by atoms with E-state index in [1.165, 1.54) is 16.7 Å². The van der Waals surface area contributed by atoms with Crippen LogP contribution in [0.5, 0.6) is 5.75 Å². The Bertz CT molecular complexity index is 1710. The van der Waals surface area contributed by atoms with Gasteiger partial charge in [-0.05, 0) is 105 Å². The monoisotopic (exact) mass is 675 g/mol. The summed E-state index contributed by atoms with van der Waals surface area (Å²) >= 11 is 0. The van der Waals surface area contributed by atoms with Crippen LogP contribution >= 0.6 is 0 Å². The number of carbonyl (C=O) groups is 2. The summed E-state index contributed by atoms with van der Waals surface area (Å²) < 4.78 is 39.4. The molecule has 2 aliphatic heterocycles. The van der Waals surface area contributed by atoms with E-state index in [0.717, 1.165) is 69.5 Å². The first-order chi connectivity index (χ1) is 23.1. The van der Waals surface area contributed by atoms with Gasteiger partial charge in [0.1, 0.15) is 22.3 Å². The summed E-state index contributed by atoms with van der Waals surface area (Å²) in [6.45, 7) is 6.06. The van der Waals surface area contributed by atoms with Gasteiger partial charge in [0.2, 0.25) is 0 Å². The molecule has 3 aliphatic carbocycles. The van der Waals surface area contributed by atoms with Gasteiger partial charge in [-0.3, -0.25) is 14.3 Å². The van der Waals surface area contributed by atoms with Gasteiger partial charge in [0.25, 0.3) is 11.8 Å². The molecule has 5 aliphatic rings. The van der Waals surface area contributed by atoms with Crippen molar-refractivity contribution in [3.63, 3.8) is 0 Å². The van der Waals surface area contributed by atoms with Gasteiger partial charge in [-0.2, -0.15) is 0 Å². The van der Waals surface area contributed by atoms with Gasteiger partial charge >= 0.3 is 0 Å². The van der Waals surface area contributed by atoms with E-state index in [-0.39, 0.29) is 35.9 Å². The summed E-state index contributed by atoms with van der Waals surface area (Å²) in [6, 6.07) is 12.3. The minimum atomic E-state index is -3.43. The van der Waals surface area contributed by atoms with Crippen LogP contribution in [0.25, 0.3) is 0 Å². The molecule has 7 rings (SSSR count). The first-order valence-corrected chi connectivity index (χ1v) is 19.3. The Morgan fingerprint density at radius 1 is 1.17 bits per heavy atom. The molecule has 10 heteroatoms. The SMILES string of the molecule is CO[C@H]1/C=C/C[C@H](C)CS(=O)(NC(=O)COC2CC2)=NC(=O)c2ccc3c(c2)N(C[C@@H]2CC[C@H]21)C[C@@]1(CCCc2cc(C)ccc21)CO3. The lowest BCUT2D eigenvalue weighted by Crippen LogP contribution is -2.49. The summed E-state index contributed by atoms with van der Waals surface area (Å²) in [5, 5.41) is 0. The molecule has 2 aromatic rings. The third-order valence-electron chi connectivity index (χ3n) is 11.0. The number of nitrogens with zero attached hydrogens (tertiary/aromatic N) is 2. The Labute approximate surface area is 285 Å². The Kier molecular flexibility index (Phi) is 9.43. The van der Waals surface area contributed by atoms with Crippen molar-refractivity contribution in [1.29, 1.82) is 0 Å². The summed E-state index contributed by atoms with van der Waals surface area (Å²) in [7, 11) is -1.66. The topological polar surface area (TPSA) is 107 Å². The van der Waals surface area contributed by atoms with Crippen LogP contribution in [0.1, 0.15) is 78.9 Å². The second-order valence-electron chi connectivity index (χ2n) is 14.9. The quantitative estimate of drug-likeness (QED) is 0.392. The normalized spacial score (nSPS) is 32.5. The zero-order valence-corrected chi connectivity index (χ0v) is 29.3. The van der Waals surface area contributed by atoms with Gasteiger partial charge in [0.05, 0.1) is 30.3 Å². The number of amides is 2. The molecule has 6 atom stereocenters. The molecule has 2 amide bonds. The van der Waals surface area contributed by atoms with Crippen molar-refractivity contribution >= 4 is 27.4 Å². The number of nitrogens with one attached hydrogen (secondary N) is 1.